The van der Waals surface area contributed by atoms with Gasteiger partial charge in [0.1, 0.15) is 5.82 Å². The molecule has 0 fully saturated rings. The molecule has 5 nitrogen and oxygen atoms in total. The standard InChI is InChI=1S/C20H22N4OS/c1-13(2)16-8-4-5-9-17(16)23-19(25)11-15-12-26-20(22-15)24-18-10-6-7-14(3)21-18/h4-10,12-13H,11H2,1-3H3,(H,23,25)(H,21,22,24). The number of aromatic nitrogens is 2. The van der Waals surface area contributed by atoms with Crippen LogP contribution in [0.5, 0.6) is 0 Å². The van der Waals surface area contributed by atoms with Crippen molar-refractivity contribution in [2.45, 2.75) is 33.1 Å². The Morgan fingerprint density at radius 3 is 2.69 bits per heavy atom. The van der Waals surface area contributed by atoms with E-state index in [4.69, 9.17) is 0 Å². The van der Waals surface area contributed by atoms with E-state index in [9.17, 15) is 4.79 Å². The largest absolute Gasteiger partial charge is 0.325 e. The first-order valence-electron chi connectivity index (χ1n) is 8.55. The van der Waals surface area contributed by atoms with Crippen molar-refractivity contribution < 1.29 is 4.79 Å². The van der Waals surface area contributed by atoms with Crippen molar-refractivity contribution in [2.75, 3.05) is 10.6 Å². The minimum Gasteiger partial charge on any atom is -0.325 e. The molecule has 0 saturated heterocycles. The van der Waals surface area contributed by atoms with Crippen molar-refractivity contribution in [1.29, 1.82) is 0 Å². The van der Waals surface area contributed by atoms with Crippen molar-refractivity contribution in [1.82, 2.24) is 9.97 Å². The highest BCUT2D eigenvalue weighted by molar-refractivity contribution is 7.13. The summed E-state index contributed by atoms with van der Waals surface area (Å²) in [4.78, 5) is 21.3. The Bertz CT molecular complexity index is 904. The number of rotatable bonds is 6. The first kappa shape index (κ1) is 18.1. The second kappa shape index (κ2) is 8.10. The molecule has 6 heteroatoms. The van der Waals surface area contributed by atoms with E-state index in [1.54, 1.807) is 0 Å². The first-order chi connectivity index (χ1) is 12.5. The lowest BCUT2D eigenvalue weighted by atomic mass is 10.0. The Morgan fingerprint density at radius 2 is 1.92 bits per heavy atom. The molecule has 2 heterocycles. The molecule has 2 aromatic heterocycles. The fourth-order valence-electron chi connectivity index (χ4n) is 2.64. The number of amides is 1. The summed E-state index contributed by atoms with van der Waals surface area (Å²) >= 11 is 1.46. The van der Waals surface area contributed by atoms with Crippen LogP contribution in [0.2, 0.25) is 0 Å². The lowest BCUT2D eigenvalue weighted by Gasteiger charge is -2.13. The number of para-hydroxylation sites is 1. The number of thiazole rings is 1. The van der Waals surface area contributed by atoms with E-state index < -0.39 is 0 Å². The summed E-state index contributed by atoms with van der Waals surface area (Å²) in [6, 6.07) is 13.7. The maximum Gasteiger partial charge on any atom is 0.230 e. The molecule has 0 bridgehead atoms. The van der Waals surface area contributed by atoms with E-state index in [1.165, 1.54) is 11.3 Å². The summed E-state index contributed by atoms with van der Waals surface area (Å²) in [6.07, 6.45) is 0.242. The van der Waals surface area contributed by atoms with Crippen molar-refractivity contribution in [3.05, 3.63) is 64.8 Å². The Labute approximate surface area is 157 Å². The van der Waals surface area contributed by atoms with Crippen LogP contribution in [-0.2, 0) is 11.2 Å². The molecule has 0 unspecified atom stereocenters. The van der Waals surface area contributed by atoms with Gasteiger partial charge in [-0.25, -0.2) is 9.97 Å². The molecular weight excluding hydrogens is 344 g/mol. The van der Waals surface area contributed by atoms with Crippen LogP contribution >= 0.6 is 11.3 Å². The van der Waals surface area contributed by atoms with Crippen molar-refractivity contribution in [2.24, 2.45) is 0 Å². The number of benzene rings is 1. The lowest BCUT2D eigenvalue weighted by Crippen LogP contribution is -2.16. The second-order valence-electron chi connectivity index (χ2n) is 6.40. The highest BCUT2D eigenvalue weighted by Gasteiger charge is 2.12. The smallest absolute Gasteiger partial charge is 0.230 e. The predicted octanol–water partition coefficient (Wildman–Crippen LogP) is 4.89. The van der Waals surface area contributed by atoms with Gasteiger partial charge in [-0.3, -0.25) is 4.79 Å². The molecule has 0 aliphatic carbocycles. The molecule has 0 saturated carbocycles. The molecule has 3 aromatic rings. The van der Waals surface area contributed by atoms with Crippen molar-refractivity contribution in [3.8, 4) is 0 Å². The molecule has 1 amide bonds. The number of nitrogens with one attached hydrogen (secondary N) is 2. The Morgan fingerprint density at radius 1 is 1.12 bits per heavy atom. The Balaban J connectivity index is 1.63. The number of hydrogen-bond donors (Lipinski definition) is 2. The zero-order valence-electron chi connectivity index (χ0n) is 15.1. The molecule has 3 rings (SSSR count). The number of anilines is 3. The maximum atomic E-state index is 12.4. The Hall–Kier alpha value is -2.73. The van der Waals surface area contributed by atoms with Gasteiger partial charge in [-0.2, -0.15) is 0 Å². The number of nitrogens with zero attached hydrogens (tertiary/aromatic N) is 2. The minimum absolute atomic E-state index is 0.0661. The van der Waals surface area contributed by atoms with Gasteiger partial charge < -0.3 is 10.6 Å². The quantitative estimate of drug-likeness (QED) is 0.651. The van der Waals surface area contributed by atoms with Gasteiger partial charge in [0, 0.05) is 16.8 Å². The minimum atomic E-state index is -0.0661. The summed E-state index contributed by atoms with van der Waals surface area (Å²) in [5.41, 5.74) is 3.68. The summed E-state index contributed by atoms with van der Waals surface area (Å²) in [7, 11) is 0. The fourth-order valence-corrected chi connectivity index (χ4v) is 3.36. The molecule has 0 aliphatic heterocycles. The van der Waals surface area contributed by atoms with Crippen LogP contribution in [0.4, 0.5) is 16.6 Å². The molecule has 0 spiro atoms. The third-order valence-electron chi connectivity index (χ3n) is 3.87. The molecule has 1 aromatic carbocycles. The average molecular weight is 366 g/mol. The predicted molar refractivity (Wildman–Crippen MR) is 107 cm³/mol. The fraction of sp³-hybridized carbons (Fsp3) is 0.250. The molecule has 0 atom stereocenters. The van der Waals surface area contributed by atoms with Crippen LogP contribution < -0.4 is 10.6 Å². The van der Waals surface area contributed by atoms with Gasteiger partial charge in [0.15, 0.2) is 5.13 Å². The SMILES string of the molecule is Cc1cccc(Nc2nc(CC(=O)Nc3ccccc3C(C)C)cs2)n1. The van der Waals surface area contributed by atoms with E-state index in [1.807, 2.05) is 54.8 Å². The van der Waals surface area contributed by atoms with Gasteiger partial charge >= 0.3 is 0 Å². The zero-order valence-corrected chi connectivity index (χ0v) is 15.9. The third-order valence-corrected chi connectivity index (χ3v) is 4.68. The molecule has 26 heavy (non-hydrogen) atoms. The van der Waals surface area contributed by atoms with Crippen LogP contribution in [-0.4, -0.2) is 15.9 Å². The highest BCUT2D eigenvalue weighted by Crippen LogP contribution is 2.24. The van der Waals surface area contributed by atoms with E-state index in [-0.39, 0.29) is 12.3 Å². The molecule has 0 aliphatic rings. The normalized spacial score (nSPS) is 10.8. The third kappa shape index (κ3) is 4.67. The summed E-state index contributed by atoms with van der Waals surface area (Å²) in [6.45, 7) is 6.17. The van der Waals surface area contributed by atoms with Gasteiger partial charge in [-0.15, -0.1) is 11.3 Å². The van der Waals surface area contributed by atoms with Crippen LogP contribution in [0.3, 0.4) is 0 Å². The second-order valence-corrected chi connectivity index (χ2v) is 7.26. The zero-order chi connectivity index (χ0) is 18.5. The van der Waals surface area contributed by atoms with Crippen LogP contribution in [0.25, 0.3) is 0 Å². The summed E-state index contributed by atoms with van der Waals surface area (Å²) in [5, 5.41) is 8.80. The van der Waals surface area contributed by atoms with Crippen LogP contribution in [0.1, 0.15) is 36.7 Å². The monoisotopic (exact) mass is 366 g/mol. The molecule has 134 valence electrons. The van der Waals surface area contributed by atoms with Crippen molar-refractivity contribution >= 4 is 33.9 Å². The van der Waals surface area contributed by atoms with E-state index in [0.29, 0.717) is 5.92 Å². The highest BCUT2D eigenvalue weighted by atomic mass is 32.1. The van der Waals surface area contributed by atoms with Gasteiger partial charge in [0.05, 0.1) is 12.1 Å². The van der Waals surface area contributed by atoms with E-state index in [2.05, 4.69) is 34.4 Å². The molecule has 2 N–H and O–H groups in total. The molecule has 0 radical (unpaired) electrons. The number of hydrogen-bond acceptors (Lipinski definition) is 5. The average Bonchev–Trinajstić information content (AvgIpc) is 3.01. The van der Waals surface area contributed by atoms with E-state index in [0.717, 1.165) is 33.6 Å². The van der Waals surface area contributed by atoms with Gasteiger partial charge in [-0.05, 0) is 36.6 Å². The Kier molecular flexibility index (Phi) is 5.63. The number of carbonyl (C=O) groups excluding carboxylic acids is 1. The first-order valence-corrected chi connectivity index (χ1v) is 9.43. The summed E-state index contributed by atoms with van der Waals surface area (Å²) in [5.74, 6) is 1.04. The topological polar surface area (TPSA) is 66.9 Å². The summed E-state index contributed by atoms with van der Waals surface area (Å²) < 4.78 is 0. The van der Waals surface area contributed by atoms with Gasteiger partial charge in [0.2, 0.25) is 5.91 Å². The lowest BCUT2D eigenvalue weighted by molar-refractivity contribution is -0.115. The van der Waals surface area contributed by atoms with Crippen molar-refractivity contribution in [3.63, 3.8) is 0 Å². The number of aryl methyl sites for hydroxylation is 1. The van der Waals surface area contributed by atoms with Crippen LogP contribution in [0.15, 0.2) is 47.8 Å². The molecular formula is C20H22N4OS. The van der Waals surface area contributed by atoms with Gasteiger partial charge in [-0.1, -0.05) is 38.1 Å². The van der Waals surface area contributed by atoms with Crippen LogP contribution in [0, 0.1) is 6.92 Å². The number of pyridine rings is 1. The van der Waals surface area contributed by atoms with E-state index >= 15 is 0 Å². The maximum absolute atomic E-state index is 12.4. The van der Waals surface area contributed by atoms with Gasteiger partial charge in [0.25, 0.3) is 0 Å². The number of carbonyl (C=O) groups is 1.